The molecule has 4 aromatic rings. The Morgan fingerprint density at radius 1 is 1.30 bits per heavy atom. The molecule has 37 heavy (non-hydrogen) atoms. The Morgan fingerprint density at radius 2 is 2.14 bits per heavy atom. The zero-order chi connectivity index (χ0) is 25.7. The Labute approximate surface area is 209 Å². The van der Waals surface area contributed by atoms with Crippen molar-refractivity contribution >= 4 is 28.6 Å². The van der Waals surface area contributed by atoms with Crippen LogP contribution in [0.2, 0.25) is 0 Å². The van der Waals surface area contributed by atoms with Gasteiger partial charge in [-0.3, -0.25) is 9.89 Å². The first kappa shape index (κ1) is 22.3. The molecule has 190 valence electrons. The summed E-state index contributed by atoms with van der Waals surface area (Å²) in [7, 11) is 1.34. The van der Waals surface area contributed by atoms with Crippen LogP contribution < -0.4 is 15.5 Å². The number of carbonyl (C=O) groups excluding carboxylic acids is 1. The summed E-state index contributed by atoms with van der Waals surface area (Å²) in [6.45, 7) is 3.92. The molecule has 1 saturated carbocycles. The predicted molar refractivity (Wildman–Crippen MR) is 130 cm³/mol. The van der Waals surface area contributed by atoms with E-state index in [9.17, 15) is 13.6 Å². The Hall–Kier alpha value is -3.93. The zero-order valence-corrected chi connectivity index (χ0v) is 20.2. The minimum absolute atomic E-state index is 0.155. The summed E-state index contributed by atoms with van der Waals surface area (Å²) in [5, 5.41) is 11.4. The summed E-state index contributed by atoms with van der Waals surface area (Å²) in [6.07, 6.45) is 2.58. The van der Waals surface area contributed by atoms with Crippen LogP contribution >= 0.6 is 0 Å². The van der Waals surface area contributed by atoms with E-state index in [0.29, 0.717) is 35.4 Å². The van der Waals surface area contributed by atoms with Gasteiger partial charge in [0.05, 0.1) is 23.1 Å². The number of carbonyl (C=O) groups is 1. The molecule has 0 radical (unpaired) electrons. The van der Waals surface area contributed by atoms with E-state index < -0.39 is 11.8 Å². The molecular weight excluding hydrogens is 482 g/mol. The summed E-state index contributed by atoms with van der Waals surface area (Å²) < 4.78 is 35.1. The third-order valence-corrected chi connectivity index (χ3v) is 8.40. The molecule has 10 nitrogen and oxygen atoms in total. The number of aromatic amines is 1. The molecular formula is C25H24F2N8O2. The van der Waals surface area contributed by atoms with Gasteiger partial charge in [-0.25, -0.2) is 9.97 Å². The van der Waals surface area contributed by atoms with Crippen molar-refractivity contribution < 1.29 is 18.1 Å². The lowest BCUT2D eigenvalue weighted by Crippen LogP contribution is -2.32. The van der Waals surface area contributed by atoms with Gasteiger partial charge in [0.1, 0.15) is 22.8 Å². The van der Waals surface area contributed by atoms with Crippen molar-refractivity contribution in [2.24, 2.45) is 17.6 Å². The minimum atomic E-state index is -3.65. The number of piperidine rings is 1. The van der Waals surface area contributed by atoms with Crippen molar-refractivity contribution in [1.29, 1.82) is 0 Å². The number of hydrogen-bond donors (Lipinski definition) is 2. The second-order valence-corrected chi connectivity index (χ2v) is 10.2. The first-order valence-electron chi connectivity index (χ1n) is 12.2. The van der Waals surface area contributed by atoms with Crippen LogP contribution in [0.4, 0.5) is 20.3 Å². The molecule has 2 fully saturated rings. The van der Waals surface area contributed by atoms with E-state index in [1.807, 2.05) is 13.0 Å². The standard InChI is InChI=1S/C25H24F2N8O2/c1-12-8-17(33-37-12)24(11-28)14-6-7-35(10-15(14)24)18-9-29-21-20(31-32-22(21)30-18)13-4-3-5-16-19(13)25(26,27)23(36)34(16)2/h3-5,8-9,14-15H,6-7,10-11,28H2,1-2H3,(H,30,31,32)/t14-,15+,24+/m1/s1. The lowest BCUT2D eigenvalue weighted by Gasteiger charge is -2.26. The average Bonchev–Trinajstić information content (AvgIpc) is 3.16. The summed E-state index contributed by atoms with van der Waals surface area (Å²) in [6, 6.07) is 6.63. The highest BCUT2D eigenvalue weighted by atomic mass is 19.3. The summed E-state index contributed by atoms with van der Waals surface area (Å²) >= 11 is 0. The fourth-order valence-electron chi connectivity index (χ4n) is 6.47. The van der Waals surface area contributed by atoms with E-state index in [2.05, 4.69) is 25.2 Å². The molecule has 1 saturated heterocycles. The number of aryl methyl sites for hydroxylation is 1. The number of anilines is 2. The number of amides is 1. The van der Waals surface area contributed by atoms with Crippen LogP contribution in [0.15, 0.2) is 35.0 Å². The number of nitrogens with two attached hydrogens (primary N) is 1. The highest BCUT2D eigenvalue weighted by Gasteiger charge is 2.67. The quantitative estimate of drug-likeness (QED) is 0.432. The summed E-state index contributed by atoms with van der Waals surface area (Å²) in [4.78, 5) is 24.6. The van der Waals surface area contributed by atoms with Crippen molar-refractivity contribution in [2.75, 3.05) is 36.5 Å². The molecule has 1 amide bonds. The number of benzene rings is 1. The molecule has 1 aliphatic carbocycles. The van der Waals surface area contributed by atoms with Gasteiger partial charge in [0, 0.05) is 43.7 Å². The second-order valence-electron chi connectivity index (χ2n) is 10.2. The minimum Gasteiger partial charge on any atom is -0.361 e. The highest BCUT2D eigenvalue weighted by Crippen LogP contribution is 2.62. The van der Waals surface area contributed by atoms with E-state index in [1.54, 1.807) is 12.3 Å². The number of halogens is 2. The zero-order valence-electron chi connectivity index (χ0n) is 20.2. The molecule has 3 aliphatic rings. The van der Waals surface area contributed by atoms with Crippen LogP contribution in [-0.4, -0.2) is 57.9 Å². The van der Waals surface area contributed by atoms with Gasteiger partial charge in [0.25, 0.3) is 0 Å². The molecule has 0 unspecified atom stereocenters. The number of rotatable bonds is 4. The van der Waals surface area contributed by atoms with Gasteiger partial charge in [0.2, 0.25) is 0 Å². The van der Waals surface area contributed by atoms with Crippen LogP contribution in [-0.2, 0) is 16.1 Å². The molecule has 3 atom stereocenters. The molecule has 0 bridgehead atoms. The van der Waals surface area contributed by atoms with E-state index in [1.165, 1.54) is 19.2 Å². The maximum Gasteiger partial charge on any atom is 0.352 e. The van der Waals surface area contributed by atoms with Gasteiger partial charge in [-0.15, -0.1) is 0 Å². The lowest BCUT2D eigenvalue weighted by atomic mass is 9.97. The Bertz CT molecular complexity index is 1580. The number of likely N-dealkylation sites (N-methyl/N-ethyl adjacent to an activating group) is 1. The van der Waals surface area contributed by atoms with Crippen LogP contribution in [0.25, 0.3) is 22.4 Å². The fraction of sp³-hybridized carbons (Fsp3) is 0.400. The highest BCUT2D eigenvalue weighted by molar-refractivity contribution is 6.08. The number of nitrogens with zero attached hydrogens (tertiary/aromatic N) is 6. The number of fused-ring (bicyclic) bond motifs is 3. The van der Waals surface area contributed by atoms with Crippen LogP contribution in [0, 0.1) is 18.8 Å². The molecule has 0 spiro atoms. The Morgan fingerprint density at radius 3 is 2.89 bits per heavy atom. The smallest absolute Gasteiger partial charge is 0.352 e. The van der Waals surface area contributed by atoms with Crippen molar-refractivity contribution in [3.05, 3.63) is 47.5 Å². The monoisotopic (exact) mass is 506 g/mol. The number of hydrogen-bond acceptors (Lipinski definition) is 8. The molecule has 3 N–H and O–H groups in total. The molecule has 2 aliphatic heterocycles. The third kappa shape index (κ3) is 2.84. The lowest BCUT2D eigenvalue weighted by molar-refractivity contribution is -0.141. The van der Waals surface area contributed by atoms with Crippen LogP contribution in [0.1, 0.15) is 23.4 Å². The fourth-order valence-corrected chi connectivity index (χ4v) is 6.47. The number of alkyl halides is 2. The third-order valence-electron chi connectivity index (χ3n) is 8.40. The van der Waals surface area contributed by atoms with Gasteiger partial charge >= 0.3 is 11.8 Å². The SMILES string of the molecule is Cc1cc([C@@]2(CN)[C@@H]3CCN(c4cnc5c(-c6cccc7c6C(F)(F)C(=O)N7C)n[nH]c5n4)C[C@@H]32)no1. The van der Waals surface area contributed by atoms with Gasteiger partial charge in [-0.1, -0.05) is 17.3 Å². The average molecular weight is 507 g/mol. The van der Waals surface area contributed by atoms with E-state index in [-0.39, 0.29) is 27.9 Å². The van der Waals surface area contributed by atoms with Crippen LogP contribution in [0.3, 0.4) is 0 Å². The molecule has 5 heterocycles. The number of aromatic nitrogens is 5. The van der Waals surface area contributed by atoms with Gasteiger partial charge in [0.15, 0.2) is 5.65 Å². The first-order valence-corrected chi connectivity index (χ1v) is 12.2. The topological polar surface area (TPSA) is 130 Å². The van der Waals surface area contributed by atoms with Crippen LogP contribution in [0.5, 0.6) is 0 Å². The van der Waals surface area contributed by atoms with Crippen molar-refractivity contribution in [2.45, 2.75) is 24.7 Å². The largest absolute Gasteiger partial charge is 0.361 e. The van der Waals surface area contributed by atoms with Crippen molar-refractivity contribution in [1.82, 2.24) is 25.3 Å². The predicted octanol–water partition coefficient (Wildman–Crippen LogP) is 2.74. The van der Waals surface area contributed by atoms with E-state index >= 15 is 0 Å². The molecule has 7 rings (SSSR count). The van der Waals surface area contributed by atoms with Gasteiger partial charge in [-0.05, 0) is 31.2 Å². The first-order chi connectivity index (χ1) is 17.8. The molecule has 12 heteroatoms. The maximum atomic E-state index is 14.9. The summed E-state index contributed by atoms with van der Waals surface area (Å²) in [5.41, 5.74) is 7.92. The normalized spacial score (nSPS) is 26.0. The Kier molecular flexibility index (Phi) is 4.40. The van der Waals surface area contributed by atoms with Crippen molar-refractivity contribution in [3.63, 3.8) is 0 Å². The van der Waals surface area contributed by atoms with E-state index in [0.717, 1.165) is 35.9 Å². The summed E-state index contributed by atoms with van der Waals surface area (Å²) in [5.74, 6) is -2.70. The van der Waals surface area contributed by atoms with Crippen molar-refractivity contribution in [3.8, 4) is 11.3 Å². The maximum absolute atomic E-state index is 14.9. The molecule has 3 aromatic heterocycles. The van der Waals surface area contributed by atoms with Gasteiger partial charge < -0.3 is 20.1 Å². The van der Waals surface area contributed by atoms with Gasteiger partial charge in [-0.2, -0.15) is 13.9 Å². The number of H-pyrrole nitrogens is 1. The number of nitrogens with one attached hydrogen (secondary N) is 1. The van der Waals surface area contributed by atoms with E-state index in [4.69, 9.17) is 15.2 Å². The second kappa shape index (κ2) is 7.31. The Balaban J connectivity index is 1.21. The molecule has 1 aromatic carbocycles.